The number of anilines is 2. The predicted octanol–water partition coefficient (Wildman–Crippen LogP) is 5.04. The van der Waals surface area contributed by atoms with Crippen LogP contribution in [0.3, 0.4) is 0 Å². The lowest BCUT2D eigenvalue weighted by molar-refractivity contribution is -0.114. The summed E-state index contributed by atoms with van der Waals surface area (Å²) in [5, 5.41) is 2.77. The minimum absolute atomic E-state index is 0.0924. The van der Waals surface area contributed by atoms with Crippen molar-refractivity contribution in [3.63, 3.8) is 0 Å². The van der Waals surface area contributed by atoms with Crippen LogP contribution in [0, 0.1) is 0 Å². The van der Waals surface area contributed by atoms with Gasteiger partial charge < -0.3 is 11.1 Å². The number of aromatic nitrogens is 2. The summed E-state index contributed by atoms with van der Waals surface area (Å²) in [5.41, 5.74) is 10.9. The summed E-state index contributed by atoms with van der Waals surface area (Å²) in [5.74, 6) is -0.0924. The number of carbonyl (C=O) groups is 1. The standard InChI is InChI=1S/C13H12N2O.C11H10N2/c1-10(16)15-12-8-5-9-14-13(12)11-6-3-2-4-7-11;12-10-7-4-8-13-11(10)9-5-2-1-3-6-9/h2-9H,1H3,(H,15,16);1-8H,12H2. The van der Waals surface area contributed by atoms with Gasteiger partial charge in [0.25, 0.3) is 0 Å². The van der Waals surface area contributed by atoms with Crippen molar-refractivity contribution >= 4 is 17.3 Å². The lowest BCUT2D eigenvalue weighted by Gasteiger charge is -2.08. The summed E-state index contributed by atoms with van der Waals surface area (Å²) in [6.45, 7) is 1.49. The first-order chi connectivity index (χ1) is 14.1. The number of carbonyl (C=O) groups excluding carboxylic acids is 1. The zero-order valence-corrected chi connectivity index (χ0v) is 16.1. The minimum atomic E-state index is -0.0924. The van der Waals surface area contributed by atoms with Gasteiger partial charge in [-0.25, -0.2) is 0 Å². The quantitative estimate of drug-likeness (QED) is 0.520. The largest absolute Gasteiger partial charge is 0.397 e. The first kappa shape index (κ1) is 19.8. The summed E-state index contributed by atoms with van der Waals surface area (Å²) in [6, 6.07) is 27.0. The number of nitrogens with two attached hydrogens (primary N) is 1. The van der Waals surface area contributed by atoms with Gasteiger partial charge in [0.05, 0.1) is 22.8 Å². The van der Waals surface area contributed by atoms with Gasteiger partial charge in [0.15, 0.2) is 0 Å². The van der Waals surface area contributed by atoms with Crippen LogP contribution in [0.1, 0.15) is 6.92 Å². The first-order valence-electron chi connectivity index (χ1n) is 9.19. The van der Waals surface area contributed by atoms with Crippen molar-refractivity contribution in [2.75, 3.05) is 11.1 Å². The van der Waals surface area contributed by atoms with E-state index in [1.807, 2.05) is 78.9 Å². The Bertz CT molecular complexity index is 1070. The third-order valence-electron chi connectivity index (χ3n) is 4.05. The Morgan fingerprint density at radius 2 is 1.24 bits per heavy atom. The van der Waals surface area contributed by atoms with Crippen LogP contribution >= 0.6 is 0 Å². The number of hydrogen-bond donors (Lipinski definition) is 2. The van der Waals surface area contributed by atoms with E-state index in [9.17, 15) is 4.79 Å². The minimum Gasteiger partial charge on any atom is -0.397 e. The highest BCUT2D eigenvalue weighted by Crippen LogP contribution is 2.24. The smallest absolute Gasteiger partial charge is 0.221 e. The number of nitrogen functional groups attached to an aromatic ring is 1. The Morgan fingerprint density at radius 1 is 0.724 bits per heavy atom. The van der Waals surface area contributed by atoms with Crippen molar-refractivity contribution in [2.45, 2.75) is 6.92 Å². The molecule has 0 aliphatic heterocycles. The van der Waals surface area contributed by atoms with Crippen molar-refractivity contribution in [3.05, 3.63) is 97.3 Å². The third-order valence-corrected chi connectivity index (χ3v) is 4.05. The summed E-state index contributed by atoms with van der Waals surface area (Å²) in [7, 11) is 0. The molecule has 1 amide bonds. The maximum Gasteiger partial charge on any atom is 0.221 e. The molecule has 29 heavy (non-hydrogen) atoms. The molecule has 2 aromatic heterocycles. The fourth-order valence-corrected chi connectivity index (χ4v) is 2.78. The number of nitrogens with zero attached hydrogens (tertiary/aromatic N) is 2. The highest BCUT2D eigenvalue weighted by atomic mass is 16.1. The van der Waals surface area contributed by atoms with Crippen LogP contribution in [0.4, 0.5) is 11.4 Å². The van der Waals surface area contributed by atoms with E-state index in [4.69, 9.17) is 5.73 Å². The molecule has 5 heteroatoms. The Balaban J connectivity index is 0.000000169. The number of benzene rings is 2. The van der Waals surface area contributed by atoms with Gasteiger partial charge in [0.2, 0.25) is 5.91 Å². The van der Waals surface area contributed by atoms with Crippen molar-refractivity contribution in [1.29, 1.82) is 0 Å². The first-order valence-corrected chi connectivity index (χ1v) is 9.19. The van der Waals surface area contributed by atoms with E-state index in [1.165, 1.54) is 6.92 Å². The molecule has 0 bridgehead atoms. The average Bonchev–Trinajstić information content (AvgIpc) is 2.76. The Labute approximate surface area is 170 Å². The Kier molecular flexibility index (Phi) is 6.68. The molecule has 5 nitrogen and oxygen atoms in total. The van der Waals surface area contributed by atoms with Gasteiger partial charge in [-0.3, -0.25) is 14.8 Å². The molecule has 4 rings (SSSR count). The summed E-state index contributed by atoms with van der Waals surface area (Å²) in [4.78, 5) is 19.6. The fraction of sp³-hybridized carbons (Fsp3) is 0.0417. The summed E-state index contributed by atoms with van der Waals surface area (Å²) >= 11 is 0. The highest BCUT2D eigenvalue weighted by molar-refractivity contribution is 5.92. The van der Waals surface area contributed by atoms with Crippen LogP contribution < -0.4 is 11.1 Å². The molecule has 0 radical (unpaired) electrons. The molecule has 0 saturated carbocycles. The van der Waals surface area contributed by atoms with Gasteiger partial charge in [0.1, 0.15) is 0 Å². The van der Waals surface area contributed by atoms with Crippen molar-refractivity contribution in [1.82, 2.24) is 9.97 Å². The van der Waals surface area contributed by atoms with Crippen LogP contribution in [0.5, 0.6) is 0 Å². The number of pyridine rings is 2. The molecule has 0 aliphatic carbocycles. The SMILES string of the molecule is CC(=O)Nc1cccnc1-c1ccccc1.Nc1cccnc1-c1ccccc1. The van der Waals surface area contributed by atoms with E-state index in [2.05, 4.69) is 15.3 Å². The van der Waals surface area contributed by atoms with E-state index < -0.39 is 0 Å². The summed E-state index contributed by atoms with van der Waals surface area (Å²) < 4.78 is 0. The third kappa shape index (κ3) is 5.49. The molecule has 144 valence electrons. The predicted molar refractivity (Wildman–Crippen MR) is 118 cm³/mol. The normalized spacial score (nSPS) is 9.83. The molecule has 0 saturated heterocycles. The number of hydrogen-bond acceptors (Lipinski definition) is 4. The van der Waals surface area contributed by atoms with Gasteiger partial charge in [0, 0.05) is 30.4 Å². The molecule has 0 atom stereocenters. The van der Waals surface area contributed by atoms with Gasteiger partial charge >= 0.3 is 0 Å². The molecule has 3 N–H and O–H groups in total. The topological polar surface area (TPSA) is 80.9 Å². The van der Waals surface area contributed by atoms with E-state index in [0.717, 1.165) is 28.2 Å². The van der Waals surface area contributed by atoms with Crippen molar-refractivity contribution in [2.24, 2.45) is 0 Å². The fourth-order valence-electron chi connectivity index (χ4n) is 2.78. The Hall–Kier alpha value is -3.99. The van der Waals surface area contributed by atoms with Crippen LogP contribution in [-0.4, -0.2) is 15.9 Å². The zero-order valence-electron chi connectivity index (χ0n) is 16.1. The van der Waals surface area contributed by atoms with Gasteiger partial charge in [-0.2, -0.15) is 0 Å². The van der Waals surface area contributed by atoms with E-state index >= 15 is 0 Å². The molecule has 4 aromatic rings. The van der Waals surface area contributed by atoms with Crippen molar-refractivity contribution < 1.29 is 4.79 Å². The lowest BCUT2D eigenvalue weighted by Crippen LogP contribution is -2.07. The number of rotatable bonds is 3. The van der Waals surface area contributed by atoms with Crippen molar-refractivity contribution in [3.8, 4) is 22.5 Å². The zero-order chi connectivity index (χ0) is 20.5. The molecular formula is C24H22N4O. The molecule has 0 unspecified atom stereocenters. The van der Waals surface area contributed by atoms with Crippen LogP contribution in [0.2, 0.25) is 0 Å². The van der Waals surface area contributed by atoms with Crippen LogP contribution in [-0.2, 0) is 4.79 Å². The average molecular weight is 382 g/mol. The van der Waals surface area contributed by atoms with E-state index in [0.29, 0.717) is 5.69 Å². The number of amides is 1. The molecule has 0 spiro atoms. The van der Waals surface area contributed by atoms with E-state index in [-0.39, 0.29) is 5.91 Å². The second-order valence-corrected chi connectivity index (χ2v) is 6.25. The number of nitrogens with one attached hydrogen (secondary N) is 1. The van der Waals surface area contributed by atoms with Crippen LogP contribution in [0.25, 0.3) is 22.5 Å². The second kappa shape index (κ2) is 9.80. The van der Waals surface area contributed by atoms with Gasteiger partial charge in [-0.15, -0.1) is 0 Å². The van der Waals surface area contributed by atoms with Crippen LogP contribution in [0.15, 0.2) is 97.3 Å². The maximum absolute atomic E-state index is 11.1. The Morgan fingerprint density at radius 3 is 1.79 bits per heavy atom. The lowest BCUT2D eigenvalue weighted by atomic mass is 10.1. The molecule has 0 fully saturated rings. The van der Waals surface area contributed by atoms with Gasteiger partial charge in [-0.1, -0.05) is 60.7 Å². The van der Waals surface area contributed by atoms with E-state index in [1.54, 1.807) is 18.5 Å². The molecule has 0 aliphatic rings. The summed E-state index contributed by atoms with van der Waals surface area (Å²) in [6.07, 6.45) is 3.46. The molecule has 2 heterocycles. The second-order valence-electron chi connectivity index (χ2n) is 6.25. The highest BCUT2D eigenvalue weighted by Gasteiger charge is 2.06. The molecule has 2 aromatic carbocycles. The monoisotopic (exact) mass is 382 g/mol. The molecular weight excluding hydrogens is 360 g/mol. The van der Waals surface area contributed by atoms with Gasteiger partial charge in [-0.05, 0) is 24.3 Å². The maximum atomic E-state index is 11.1.